The predicted molar refractivity (Wildman–Crippen MR) is 68.8 cm³/mol. The number of aliphatic hydroxyl groups is 1. The van der Waals surface area contributed by atoms with Crippen molar-refractivity contribution >= 4 is 11.8 Å². The van der Waals surface area contributed by atoms with Crippen LogP contribution in [0.2, 0.25) is 0 Å². The van der Waals surface area contributed by atoms with E-state index in [0.717, 1.165) is 0 Å². The average molecular weight is 266 g/mol. The summed E-state index contributed by atoms with van der Waals surface area (Å²) in [6.45, 7) is 1.41. The van der Waals surface area contributed by atoms with Crippen LogP contribution in [0.3, 0.4) is 0 Å². The molecule has 0 amide bonds. The smallest absolute Gasteiger partial charge is 0.305 e. The Labute approximate surface area is 112 Å². The lowest BCUT2D eigenvalue weighted by atomic mass is 9.89. The standard InChI is InChI=1S/C14H18O5/c1-14(17,12(15)8-9-13(16)19-3)10-4-6-11(18-2)7-5-10/h4-7,17H,8-9H2,1-3H3. The van der Waals surface area contributed by atoms with Gasteiger partial charge in [-0.2, -0.15) is 0 Å². The third-order valence-electron chi connectivity index (χ3n) is 2.98. The minimum absolute atomic E-state index is 0.0400. The molecule has 19 heavy (non-hydrogen) atoms. The molecule has 0 spiro atoms. The highest BCUT2D eigenvalue weighted by molar-refractivity contribution is 5.90. The van der Waals surface area contributed by atoms with Crippen molar-refractivity contribution in [2.75, 3.05) is 14.2 Å². The van der Waals surface area contributed by atoms with Crippen LogP contribution in [0.1, 0.15) is 25.3 Å². The third-order valence-corrected chi connectivity index (χ3v) is 2.98. The number of ether oxygens (including phenoxy) is 2. The van der Waals surface area contributed by atoms with Gasteiger partial charge < -0.3 is 14.6 Å². The molecule has 0 aliphatic heterocycles. The molecule has 104 valence electrons. The van der Waals surface area contributed by atoms with E-state index >= 15 is 0 Å². The van der Waals surface area contributed by atoms with E-state index in [-0.39, 0.29) is 12.8 Å². The summed E-state index contributed by atoms with van der Waals surface area (Å²) in [6, 6.07) is 6.57. The van der Waals surface area contributed by atoms with Crippen LogP contribution >= 0.6 is 0 Å². The number of carbonyl (C=O) groups excluding carboxylic acids is 2. The Morgan fingerprint density at radius 3 is 2.21 bits per heavy atom. The van der Waals surface area contributed by atoms with Gasteiger partial charge in [0.15, 0.2) is 5.78 Å². The fraction of sp³-hybridized carbons (Fsp3) is 0.429. The van der Waals surface area contributed by atoms with Gasteiger partial charge in [0, 0.05) is 6.42 Å². The number of ketones is 1. The maximum Gasteiger partial charge on any atom is 0.305 e. The summed E-state index contributed by atoms with van der Waals surface area (Å²) >= 11 is 0. The molecule has 0 aromatic heterocycles. The molecule has 0 radical (unpaired) electrons. The largest absolute Gasteiger partial charge is 0.497 e. The van der Waals surface area contributed by atoms with E-state index in [1.165, 1.54) is 21.1 Å². The monoisotopic (exact) mass is 266 g/mol. The van der Waals surface area contributed by atoms with Crippen molar-refractivity contribution in [3.63, 3.8) is 0 Å². The number of benzene rings is 1. The zero-order chi connectivity index (χ0) is 14.5. The van der Waals surface area contributed by atoms with E-state index in [4.69, 9.17) is 4.74 Å². The molecule has 0 bridgehead atoms. The summed E-state index contributed by atoms with van der Waals surface area (Å²) in [5.41, 5.74) is -1.16. The average Bonchev–Trinajstić information content (AvgIpc) is 2.44. The van der Waals surface area contributed by atoms with Crippen LogP contribution in [-0.4, -0.2) is 31.1 Å². The van der Waals surface area contributed by atoms with E-state index in [0.29, 0.717) is 11.3 Å². The minimum Gasteiger partial charge on any atom is -0.497 e. The quantitative estimate of drug-likeness (QED) is 0.788. The molecular weight excluding hydrogens is 248 g/mol. The number of rotatable bonds is 6. The van der Waals surface area contributed by atoms with Crippen LogP contribution in [0.15, 0.2) is 24.3 Å². The number of methoxy groups -OCH3 is 2. The summed E-state index contributed by atoms with van der Waals surface area (Å²) in [6.07, 6.45) is -0.104. The summed E-state index contributed by atoms with van der Waals surface area (Å²) in [4.78, 5) is 22.9. The number of esters is 1. The van der Waals surface area contributed by atoms with Crippen LogP contribution in [0.4, 0.5) is 0 Å². The molecule has 0 fully saturated rings. The van der Waals surface area contributed by atoms with E-state index in [1.807, 2.05) is 0 Å². The van der Waals surface area contributed by atoms with Crippen molar-refractivity contribution < 1.29 is 24.2 Å². The van der Waals surface area contributed by atoms with Gasteiger partial charge >= 0.3 is 5.97 Å². The molecule has 5 nitrogen and oxygen atoms in total. The van der Waals surface area contributed by atoms with Crippen molar-refractivity contribution in [2.24, 2.45) is 0 Å². The first-order valence-electron chi connectivity index (χ1n) is 5.89. The highest BCUT2D eigenvalue weighted by Gasteiger charge is 2.32. The van der Waals surface area contributed by atoms with Crippen LogP contribution in [-0.2, 0) is 19.9 Å². The molecule has 1 N–H and O–H groups in total. The lowest BCUT2D eigenvalue weighted by Gasteiger charge is -2.22. The molecule has 5 heteroatoms. The van der Waals surface area contributed by atoms with Crippen molar-refractivity contribution in [1.29, 1.82) is 0 Å². The van der Waals surface area contributed by atoms with Gasteiger partial charge in [0.05, 0.1) is 20.6 Å². The summed E-state index contributed by atoms with van der Waals surface area (Å²) in [5, 5.41) is 10.3. The molecule has 0 saturated carbocycles. The Balaban J connectivity index is 2.77. The second-order valence-electron chi connectivity index (χ2n) is 4.30. The van der Waals surface area contributed by atoms with Gasteiger partial charge in [-0.15, -0.1) is 0 Å². The Morgan fingerprint density at radius 1 is 1.16 bits per heavy atom. The maximum absolute atomic E-state index is 12.0. The Kier molecular flexibility index (Phi) is 5.06. The molecule has 1 atom stereocenters. The molecule has 1 rings (SSSR count). The molecule has 1 aromatic carbocycles. The molecule has 0 heterocycles. The second-order valence-corrected chi connectivity index (χ2v) is 4.30. The van der Waals surface area contributed by atoms with E-state index in [9.17, 15) is 14.7 Å². The van der Waals surface area contributed by atoms with Gasteiger partial charge in [-0.05, 0) is 24.6 Å². The third kappa shape index (κ3) is 3.79. The number of carbonyl (C=O) groups is 2. The number of Topliss-reactive ketones (excluding diaryl/α,β-unsaturated/α-hetero) is 1. The lowest BCUT2D eigenvalue weighted by Crippen LogP contribution is -2.32. The molecule has 1 aromatic rings. The second kappa shape index (κ2) is 6.33. The lowest BCUT2D eigenvalue weighted by molar-refractivity contribution is -0.145. The topological polar surface area (TPSA) is 72.8 Å². The highest BCUT2D eigenvalue weighted by atomic mass is 16.5. The minimum atomic E-state index is -1.62. The Hall–Kier alpha value is -1.88. The SMILES string of the molecule is COC(=O)CCC(=O)C(C)(O)c1ccc(OC)cc1. The van der Waals surface area contributed by atoms with E-state index in [1.54, 1.807) is 24.3 Å². The van der Waals surface area contributed by atoms with Gasteiger partial charge in [-0.1, -0.05) is 12.1 Å². The predicted octanol–water partition coefficient (Wildman–Crippen LogP) is 1.42. The maximum atomic E-state index is 12.0. The zero-order valence-corrected chi connectivity index (χ0v) is 11.3. The van der Waals surface area contributed by atoms with Gasteiger partial charge in [-0.25, -0.2) is 0 Å². The highest BCUT2D eigenvalue weighted by Crippen LogP contribution is 2.25. The first-order chi connectivity index (χ1) is 8.91. The normalized spacial score (nSPS) is 13.5. The Morgan fingerprint density at radius 2 is 1.74 bits per heavy atom. The summed E-state index contributed by atoms with van der Waals surface area (Å²) in [7, 11) is 2.79. The van der Waals surface area contributed by atoms with Crippen molar-refractivity contribution in [3.8, 4) is 5.75 Å². The zero-order valence-electron chi connectivity index (χ0n) is 11.3. The molecular formula is C14H18O5. The van der Waals surface area contributed by atoms with Crippen LogP contribution < -0.4 is 4.74 Å². The van der Waals surface area contributed by atoms with Gasteiger partial charge in [0.2, 0.25) is 0 Å². The molecule has 0 saturated heterocycles. The van der Waals surface area contributed by atoms with E-state index < -0.39 is 17.4 Å². The summed E-state index contributed by atoms with van der Waals surface area (Å²) < 4.78 is 9.47. The summed E-state index contributed by atoms with van der Waals surface area (Å²) in [5.74, 6) is -0.261. The van der Waals surface area contributed by atoms with Crippen LogP contribution in [0, 0.1) is 0 Å². The van der Waals surface area contributed by atoms with Crippen molar-refractivity contribution in [2.45, 2.75) is 25.4 Å². The molecule has 0 aliphatic carbocycles. The van der Waals surface area contributed by atoms with Crippen LogP contribution in [0.25, 0.3) is 0 Å². The van der Waals surface area contributed by atoms with Gasteiger partial charge in [0.25, 0.3) is 0 Å². The Bertz CT molecular complexity index is 447. The van der Waals surface area contributed by atoms with E-state index in [2.05, 4.69) is 4.74 Å². The van der Waals surface area contributed by atoms with Gasteiger partial charge in [-0.3, -0.25) is 9.59 Å². The number of hydrogen-bond donors (Lipinski definition) is 1. The van der Waals surface area contributed by atoms with Crippen molar-refractivity contribution in [3.05, 3.63) is 29.8 Å². The first kappa shape index (κ1) is 15.2. The fourth-order valence-electron chi connectivity index (χ4n) is 1.64. The fourth-order valence-corrected chi connectivity index (χ4v) is 1.64. The van der Waals surface area contributed by atoms with Crippen molar-refractivity contribution in [1.82, 2.24) is 0 Å². The molecule has 1 unspecified atom stereocenters. The van der Waals surface area contributed by atoms with Gasteiger partial charge in [0.1, 0.15) is 11.4 Å². The first-order valence-corrected chi connectivity index (χ1v) is 5.89. The van der Waals surface area contributed by atoms with Crippen LogP contribution in [0.5, 0.6) is 5.75 Å². The number of hydrogen-bond acceptors (Lipinski definition) is 5. The molecule has 0 aliphatic rings.